The Balaban J connectivity index is 1.55. The van der Waals surface area contributed by atoms with Gasteiger partial charge in [0.1, 0.15) is 0 Å². The highest BCUT2D eigenvalue weighted by molar-refractivity contribution is 5.78. The van der Waals surface area contributed by atoms with Crippen LogP contribution in [-0.2, 0) is 14.4 Å². The molecule has 2 heterocycles. The Bertz CT molecular complexity index is 552. The highest BCUT2D eigenvalue weighted by Crippen LogP contribution is 2.18. The maximum Gasteiger partial charge on any atom is 0.303 e. The van der Waals surface area contributed by atoms with Gasteiger partial charge < -0.3 is 20.6 Å². The Morgan fingerprint density at radius 1 is 0.900 bits per heavy atom. The minimum atomic E-state index is -0.855. The molecule has 1 atom stereocenters. The Morgan fingerprint density at radius 3 is 2.20 bits per heavy atom. The van der Waals surface area contributed by atoms with E-state index in [2.05, 4.69) is 32.3 Å². The molecule has 0 spiro atoms. The molecule has 2 fully saturated rings. The zero-order valence-electron chi connectivity index (χ0n) is 18.4. The van der Waals surface area contributed by atoms with Gasteiger partial charge in [0, 0.05) is 64.7 Å². The summed E-state index contributed by atoms with van der Waals surface area (Å²) in [4.78, 5) is 41.7. The number of carboxylic acid groups (broad SMARTS) is 1. The van der Waals surface area contributed by atoms with Crippen LogP contribution in [0.25, 0.3) is 0 Å². The van der Waals surface area contributed by atoms with Crippen molar-refractivity contribution in [1.29, 1.82) is 0 Å². The fourth-order valence-corrected chi connectivity index (χ4v) is 4.17. The van der Waals surface area contributed by atoms with Gasteiger partial charge in [-0.3, -0.25) is 24.2 Å². The summed E-state index contributed by atoms with van der Waals surface area (Å²) < 4.78 is 0. The fraction of sp³-hybridized carbons (Fsp3) is 0.857. The molecule has 2 aliphatic heterocycles. The first-order chi connectivity index (χ1) is 14.5. The first kappa shape index (κ1) is 24.6. The quantitative estimate of drug-likeness (QED) is 0.211. The van der Waals surface area contributed by atoms with Gasteiger partial charge in [0.2, 0.25) is 11.8 Å². The lowest BCUT2D eigenvalue weighted by molar-refractivity contribution is -0.137. The number of aliphatic carboxylic acids is 1. The summed E-state index contributed by atoms with van der Waals surface area (Å²) >= 11 is 0. The molecule has 0 saturated carbocycles. The second-order valence-electron chi connectivity index (χ2n) is 8.30. The van der Waals surface area contributed by atoms with Crippen molar-refractivity contribution in [1.82, 2.24) is 25.3 Å². The van der Waals surface area contributed by atoms with Gasteiger partial charge in [-0.1, -0.05) is 6.92 Å². The van der Waals surface area contributed by atoms with Crippen LogP contribution in [0.1, 0.15) is 45.4 Å². The standard InChI is InChI=1S/C21H39N5O4/c1-2-24-12-14-25(15-13-24)16-18-6-5-11-26(18)17-20(28)23-9-3-7-19(27)22-10-4-8-21(29)30/h18H,2-17H2,1H3,(H,22,27)(H,23,28)(H,29,30)/i5+1,6+1,8+1,11+1,12+1,14+1,16+1,17+1,18+1,23+1,26+1. The predicted molar refractivity (Wildman–Crippen MR) is 115 cm³/mol. The molecule has 9 heteroatoms. The van der Waals surface area contributed by atoms with Crippen molar-refractivity contribution >= 4 is 17.8 Å². The molecule has 2 aliphatic rings. The number of carbonyl (C=O) groups excluding carboxylic acids is 2. The first-order valence-corrected chi connectivity index (χ1v) is 11.4. The second kappa shape index (κ2) is 13.6. The van der Waals surface area contributed by atoms with Crippen LogP contribution in [0.2, 0.25) is 0 Å². The van der Waals surface area contributed by atoms with Crippen LogP contribution in [0.15, 0.2) is 0 Å². The summed E-state index contributed by atoms with van der Waals surface area (Å²) in [5.74, 6) is -0.928. The zero-order valence-corrected chi connectivity index (χ0v) is 18.4. The van der Waals surface area contributed by atoms with Crippen molar-refractivity contribution in [3.8, 4) is 0 Å². The van der Waals surface area contributed by atoms with Crippen molar-refractivity contribution < 1.29 is 19.5 Å². The van der Waals surface area contributed by atoms with E-state index in [0.717, 1.165) is 58.7 Å². The van der Waals surface area contributed by atoms with E-state index in [4.69, 9.17) is 5.11 Å². The highest BCUT2D eigenvalue weighted by atomic mass is 16.4. The number of nitrogens with one attached hydrogen (secondary N) is 2. The number of hydrogen-bond donors (Lipinski definition) is 3. The lowest BCUT2D eigenvalue weighted by atomic mass is 10.3. The smallest absolute Gasteiger partial charge is 0.303 e. The molecule has 30 heavy (non-hydrogen) atoms. The summed E-state index contributed by atoms with van der Waals surface area (Å²) in [6.45, 7) is 11.1. The Labute approximate surface area is 180 Å². The van der Waals surface area contributed by atoms with Crippen molar-refractivity contribution in [2.45, 2.75) is 51.5 Å². The minimum Gasteiger partial charge on any atom is -0.481 e. The van der Waals surface area contributed by atoms with Crippen LogP contribution in [0.5, 0.6) is 0 Å². The van der Waals surface area contributed by atoms with E-state index < -0.39 is 5.97 Å². The summed E-state index contributed by atoms with van der Waals surface area (Å²) in [6, 6.07) is 0.459. The highest BCUT2D eigenvalue weighted by Gasteiger charge is 2.28. The molecule has 2 amide bonds. The molecule has 0 radical (unpaired) electrons. The van der Waals surface area contributed by atoms with Crippen LogP contribution in [-0.4, -0.2) is 109 Å². The third kappa shape index (κ3) is 9.40. The molecule has 1 unspecified atom stereocenters. The molecule has 0 aliphatic carbocycles. The van der Waals surface area contributed by atoms with E-state index in [9.17, 15) is 14.4 Å². The number of carboxylic acids is 1. The number of rotatable bonds is 13. The maximum absolute atomic E-state index is 12.3. The van der Waals surface area contributed by atoms with Crippen molar-refractivity contribution in [3.05, 3.63) is 0 Å². The van der Waals surface area contributed by atoms with E-state index in [1.54, 1.807) is 0 Å². The number of likely N-dealkylation sites (tertiary alicyclic amines) is 1. The van der Waals surface area contributed by atoms with Gasteiger partial charge in [-0.25, -0.2) is 0 Å². The molecule has 2 rings (SSSR count). The van der Waals surface area contributed by atoms with E-state index in [-0.39, 0.29) is 18.2 Å². The predicted octanol–water partition coefficient (Wildman–Crippen LogP) is -0.0343. The van der Waals surface area contributed by atoms with Gasteiger partial charge in [0.25, 0.3) is 0 Å². The summed E-state index contributed by atoms with van der Waals surface area (Å²) in [6.07, 6.45) is 3.72. The minimum absolute atomic E-state index is 0.0274. The molecule has 0 aromatic rings. The summed E-state index contributed by atoms with van der Waals surface area (Å²) in [5.41, 5.74) is 0. The third-order valence-corrected chi connectivity index (χ3v) is 6.02. The average Bonchev–Trinajstić information content (AvgIpc) is 3.15. The lowest BCUT2D eigenvalue weighted by Gasteiger charge is -2.37. The van der Waals surface area contributed by atoms with Crippen molar-refractivity contribution in [2.75, 3.05) is 65.4 Å². The number of carbonyl (C=O) groups is 3. The average molecular weight is 436 g/mol. The molecular weight excluding hydrogens is 397 g/mol. The zero-order chi connectivity index (χ0) is 21.8. The number of likely N-dealkylation sites (N-methyl/N-ethyl adjacent to an activating group) is 1. The van der Waals surface area contributed by atoms with E-state index in [0.29, 0.717) is 44.9 Å². The van der Waals surface area contributed by atoms with Crippen molar-refractivity contribution in [2.24, 2.45) is 0 Å². The Morgan fingerprint density at radius 2 is 1.53 bits per heavy atom. The fourth-order valence-electron chi connectivity index (χ4n) is 4.17. The monoisotopic (exact) mass is 436 g/mol. The summed E-state index contributed by atoms with van der Waals surface area (Å²) in [7, 11) is 0. The SMILES string of the molecule is CCN1CCN([13CH2][13CH]2[13CH2][13CH2][13CH2][15N]2[13CH2]C(=O)[15NH]CCCC(=O)NCC[13CH2]C(=O)O)[13CH2][13CH2]1. The van der Waals surface area contributed by atoms with E-state index in [1.165, 1.54) is 0 Å². The molecule has 0 bridgehead atoms. The normalized spacial score (nSPS) is 20.9. The Hall–Kier alpha value is -1.71. The van der Waals surface area contributed by atoms with Crippen LogP contribution >= 0.6 is 0 Å². The van der Waals surface area contributed by atoms with Gasteiger partial charge in [0.05, 0.1) is 6.54 Å². The van der Waals surface area contributed by atoms with Crippen LogP contribution in [0.4, 0.5) is 0 Å². The van der Waals surface area contributed by atoms with Crippen LogP contribution in [0, 0.1) is 0 Å². The van der Waals surface area contributed by atoms with Gasteiger partial charge in [0.15, 0.2) is 0 Å². The topological polar surface area (TPSA) is 105 Å². The summed E-state index contributed by atoms with van der Waals surface area (Å²) in [5, 5.41) is 14.2. The number of amides is 2. The Kier molecular flexibility index (Phi) is 11.1. The van der Waals surface area contributed by atoms with Crippen molar-refractivity contribution in [3.63, 3.8) is 0 Å². The van der Waals surface area contributed by atoms with Gasteiger partial charge in [-0.2, -0.15) is 0 Å². The molecule has 9 nitrogen and oxygen atoms in total. The van der Waals surface area contributed by atoms with Gasteiger partial charge in [-0.05, 0) is 38.8 Å². The lowest BCUT2D eigenvalue weighted by Crippen LogP contribution is -2.51. The van der Waals surface area contributed by atoms with E-state index >= 15 is 0 Å². The maximum atomic E-state index is 12.3. The van der Waals surface area contributed by atoms with Crippen LogP contribution in [0.3, 0.4) is 0 Å². The molecule has 0 aromatic carbocycles. The second-order valence-corrected chi connectivity index (χ2v) is 8.30. The first-order valence-electron chi connectivity index (χ1n) is 11.4. The third-order valence-electron chi connectivity index (χ3n) is 6.02. The molecule has 3 N–H and O–H groups in total. The van der Waals surface area contributed by atoms with Gasteiger partial charge >= 0.3 is 5.97 Å². The van der Waals surface area contributed by atoms with E-state index in [1.807, 2.05) is 0 Å². The molecule has 172 valence electrons. The number of piperazine rings is 1. The molecule has 0 aromatic heterocycles. The number of hydrogen-bond acceptors (Lipinski definition) is 6. The number of nitrogens with zero attached hydrogens (tertiary/aromatic N) is 3. The van der Waals surface area contributed by atoms with Crippen LogP contribution < -0.4 is 10.6 Å². The molecular formula is C21H39N5O4. The largest absolute Gasteiger partial charge is 0.481 e. The molecule has 2 saturated heterocycles. The van der Waals surface area contributed by atoms with Gasteiger partial charge in [-0.15, -0.1) is 0 Å².